The first-order valence-corrected chi connectivity index (χ1v) is 21.0. The number of fused-ring (bicyclic) bond motifs is 3. The summed E-state index contributed by atoms with van der Waals surface area (Å²) in [6, 6.07) is 18.9. The lowest BCUT2D eigenvalue weighted by atomic mass is 9.82. The molecule has 318 valence electrons. The normalized spacial score (nSPS) is 31.8. The van der Waals surface area contributed by atoms with Crippen molar-refractivity contribution in [2.45, 2.75) is 116 Å². The molecule has 0 amide bonds. The smallest absolute Gasteiger partial charge is 0.308 e. The number of allylic oxidation sites excluding steroid dienone is 3. The number of aliphatic hydroxyl groups is 2. The van der Waals surface area contributed by atoms with E-state index in [1.54, 1.807) is 19.1 Å². The molecule has 0 aliphatic carbocycles. The molecular weight excluding hydrogens is 751 g/mol. The molecule has 6 rings (SSSR count). The van der Waals surface area contributed by atoms with Crippen LogP contribution in [-0.4, -0.2) is 101 Å². The third-order valence-corrected chi connectivity index (χ3v) is 12.2. The fraction of sp³-hybridized carbons (Fsp3) is 0.532. The molecule has 1 fully saturated rings. The number of aromatic nitrogens is 3. The summed E-state index contributed by atoms with van der Waals surface area (Å²) in [5.74, 6) is -1.36. The number of carbonyl (C=O) groups is 2. The molecule has 11 atom stereocenters. The molecule has 12 nitrogen and oxygen atoms in total. The van der Waals surface area contributed by atoms with Crippen LogP contribution in [0.2, 0.25) is 0 Å². The van der Waals surface area contributed by atoms with Gasteiger partial charge in [-0.05, 0) is 85.1 Å². The van der Waals surface area contributed by atoms with Crippen LogP contribution < -0.4 is 0 Å². The van der Waals surface area contributed by atoms with E-state index in [0.717, 1.165) is 27.6 Å². The van der Waals surface area contributed by atoms with E-state index in [9.17, 15) is 19.8 Å². The number of methoxy groups -OCH3 is 2. The zero-order chi connectivity index (χ0) is 42.2. The molecule has 2 N–H and O–H groups in total. The molecule has 0 radical (unpaired) electrons. The van der Waals surface area contributed by atoms with Crippen molar-refractivity contribution in [1.82, 2.24) is 15.0 Å². The lowest BCUT2D eigenvalue weighted by Crippen LogP contribution is -2.59. The van der Waals surface area contributed by atoms with Gasteiger partial charge in [0.05, 0.1) is 31.4 Å². The van der Waals surface area contributed by atoms with Crippen LogP contribution in [0.15, 0.2) is 84.6 Å². The number of hydrogen-bond donors (Lipinski definition) is 2. The van der Waals surface area contributed by atoms with Crippen LogP contribution in [0.5, 0.6) is 0 Å². The van der Waals surface area contributed by atoms with E-state index in [4.69, 9.17) is 23.7 Å². The fourth-order valence-electron chi connectivity index (χ4n) is 8.68. The Bertz CT molecular complexity index is 2100. The van der Waals surface area contributed by atoms with E-state index < -0.39 is 54.8 Å². The second-order valence-electron chi connectivity index (χ2n) is 16.5. The molecular formula is C47H61N3O9. The Morgan fingerprint density at radius 2 is 1.63 bits per heavy atom. The number of nitrogens with zero attached hydrogens (tertiary/aromatic N) is 3. The highest BCUT2D eigenvalue weighted by molar-refractivity contribution is 6.13. The number of benzene rings is 3. The molecule has 4 aromatic rings. The van der Waals surface area contributed by atoms with Gasteiger partial charge in [-0.2, -0.15) is 0 Å². The fourth-order valence-corrected chi connectivity index (χ4v) is 8.68. The van der Waals surface area contributed by atoms with Crippen LogP contribution >= 0.6 is 0 Å². The number of ketones is 1. The van der Waals surface area contributed by atoms with Crippen molar-refractivity contribution in [3.63, 3.8) is 0 Å². The highest BCUT2D eigenvalue weighted by atomic mass is 16.7. The summed E-state index contributed by atoms with van der Waals surface area (Å²) in [6.07, 6.45) is 4.36. The van der Waals surface area contributed by atoms with Gasteiger partial charge in [0.25, 0.3) is 0 Å². The topological polar surface area (TPSA) is 151 Å². The monoisotopic (exact) mass is 811 g/mol. The second-order valence-corrected chi connectivity index (χ2v) is 16.5. The first kappa shape index (κ1) is 44.3. The first-order chi connectivity index (χ1) is 28.4. The summed E-state index contributed by atoms with van der Waals surface area (Å²) in [5.41, 5.74) is 2.62. The number of hydrogen-bond acceptors (Lipinski definition) is 11. The molecule has 2 aliphatic heterocycles. The van der Waals surface area contributed by atoms with Crippen molar-refractivity contribution < 1.29 is 43.5 Å². The van der Waals surface area contributed by atoms with Gasteiger partial charge in [0, 0.05) is 38.2 Å². The molecule has 0 spiro atoms. The van der Waals surface area contributed by atoms with E-state index >= 15 is 0 Å². The Balaban J connectivity index is 1.18. The Hall–Kier alpha value is -4.30. The summed E-state index contributed by atoms with van der Waals surface area (Å²) < 4.78 is 31.3. The van der Waals surface area contributed by atoms with E-state index in [-0.39, 0.29) is 36.6 Å². The predicted octanol–water partition coefficient (Wildman–Crippen LogP) is 7.24. The van der Waals surface area contributed by atoms with E-state index in [1.165, 1.54) is 25.0 Å². The maximum atomic E-state index is 13.6. The van der Waals surface area contributed by atoms with Crippen molar-refractivity contribution in [1.29, 1.82) is 0 Å². The van der Waals surface area contributed by atoms with Crippen molar-refractivity contribution in [2.75, 3.05) is 20.8 Å². The largest absolute Gasteiger partial charge is 0.462 e. The predicted molar refractivity (Wildman–Crippen MR) is 226 cm³/mol. The van der Waals surface area contributed by atoms with Crippen LogP contribution in [0.25, 0.3) is 32.8 Å². The van der Waals surface area contributed by atoms with Crippen LogP contribution in [-0.2, 0) is 39.8 Å². The number of ether oxygens (including phenoxy) is 5. The van der Waals surface area contributed by atoms with E-state index in [1.807, 2.05) is 56.8 Å². The summed E-state index contributed by atoms with van der Waals surface area (Å²) in [5, 5.41) is 35.7. The quantitative estimate of drug-likeness (QED) is 0.123. The summed E-state index contributed by atoms with van der Waals surface area (Å²) in [7, 11) is 3.01. The van der Waals surface area contributed by atoms with Gasteiger partial charge in [0.15, 0.2) is 12.1 Å². The molecule has 3 aromatic carbocycles. The maximum Gasteiger partial charge on any atom is 0.308 e. The molecule has 5 unspecified atom stereocenters. The van der Waals surface area contributed by atoms with Crippen LogP contribution in [0, 0.1) is 23.7 Å². The Kier molecular flexibility index (Phi) is 15.2. The molecule has 12 heteroatoms. The van der Waals surface area contributed by atoms with Gasteiger partial charge in [0.2, 0.25) is 0 Å². The van der Waals surface area contributed by atoms with Crippen molar-refractivity contribution in [2.24, 2.45) is 23.7 Å². The van der Waals surface area contributed by atoms with Crippen molar-refractivity contribution in [3.8, 4) is 11.3 Å². The standard InChI is InChI=1S/C47H61N3O9/c1-8-42-34(27-57-47-46(56-7)45(55-6)44(54)31(5)58-47)21-28(2)17-18-40(51)29(3)22-32(23-30(4)41(52)25-43(53)59-42)19-20-50-26-39(48-49-50)38-24-33-13-9-10-14-35(33)36-15-11-12-16-37(36)38/h9-18,21,24,26,29-32,34,41-42,44-47,52,54H,8,19-20,22-23,25,27H2,1-7H3/b18-17+,28-21+/t29-,30-,31?,32+,34-,41-,42-,44?,45?,46?,47?/m1/s1. The molecule has 2 aliphatic rings. The van der Waals surface area contributed by atoms with Gasteiger partial charge in [-0.3, -0.25) is 14.3 Å². The van der Waals surface area contributed by atoms with Gasteiger partial charge in [0.1, 0.15) is 30.1 Å². The minimum Gasteiger partial charge on any atom is -0.462 e. The third kappa shape index (κ3) is 10.7. The number of cyclic esters (lactones) is 1. The minimum atomic E-state index is -0.940. The lowest BCUT2D eigenvalue weighted by Gasteiger charge is -2.42. The molecule has 1 saturated heterocycles. The lowest BCUT2D eigenvalue weighted by molar-refractivity contribution is -0.304. The van der Waals surface area contributed by atoms with Crippen LogP contribution in [0.1, 0.15) is 66.7 Å². The zero-order valence-corrected chi connectivity index (χ0v) is 35.4. The summed E-state index contributed by atoms with van der Waals surface area (Å²) in [6.45, 7) is 10.1. The Morgan fingerprint density at radius 1 is 0.915 bits per heavy atom. The third-order valence-electron chi connectivity index (χ3n) is 12.2. The highest BCUT2D eigenvalue weighted by Crippen LogP contribution is 2.35. The number of esters is 1. The van der Waals surface area contributed by atoms with Gasteiger partial charge >= 0.3 is 5.97 Å². The average Bonchev–Trinajstić information content (AvgIpc) is 3.71. The summed E-state index contributed by atoms with van der Waals surface area (Å²) >= 11 is 0. The summed E-state index contributed by atoms with van der Waals surface area (Å²) in [4.78, 5) is 27.0. The molecule has 1 aromatic heterocycles. The molecule has 59 heavy (non-hydrogen) atoms. The molecule has 0 saturated carbocycles. The molecule has 3 heterocycles. The minimum absolute atomic E-state index is 0.0113. The van der Waals surface area contributed by atoms with Crippen LogP contribution in [0.4, 0.5) is 0 Å². The average molecular weight is 812 g/mol. The number of rotatable bonds is 10. The Morgan fingerprint density at radius 3 is 2.36 bits per heavy atom. The van der Waals surface area contributed by atoms with Crippen LogP contribution in [0.3, 0.4) is 0 Å². The number of aryl methyl sites for hydroxylation is 1. The second kappa shape index (κ2) is 20.3. The van der Waals surface area contributed by atoms with Crippen molar-refractivity contribution >= 4 is 33.3 Å². The molecule has 0 bridgehead atoms. The first-order valence-electron chi connectivity index (χ1n) is 21.0. The van der Waals surface area contributed by atoms with Gasteiger partial charge in [-0.15, -0.1) is 5.10 Å². The van der Waals surface area contributed by atoms with E-state index in [2.05, 4.69) is 52.8 Å². The zero-order valence-electron chi connectivity index (χ0n) is 35.4. The number of carbonyl (C=O) groups excluding carboxylic acids is 2. The number of aliphatic hydroxyl groups excluding tert-OH is 2. The van der Waals surface area contributed by atoms with Gasteiger partial charge in [-0.1, -0.05) is 92.2 Å². The van der Waals surface area contributed by atoms with E-state index in [0.29, 0.717) is 32.2 Å². The SMILES string of the molecule is CC[C@H]1OC(=O)C[C@@H](O)[C@H](C)C[C@@H](CCn2cc(-c3cc4ccccc4c4ccccc34)nn2)C[C@@H](C)C(=O)/C=C/C(C)=C/[C@@H]1COC1OC(C)C(O)C(OC)C1OC. The van der Waals surface area contributed by atoms with Gasteiger partial charge in [-0.25, -0.2) is 0 Å². The maximum absolute atomic E-state index is 13.6. The highest BCUT2D eigenvalue weighted by Gasteiger charge is 2.45. The van der Waals surface area contributed by atoms with Gasteiger partial charge < -0.3 is 33.9 Å². The van der Waals surface area contributed by atoms with Crippen molar-refractivity contribution in [3.05, 3.63) is 84.6 Å². The Labute approximate surface area is 347 Å².